The van der Waals surface area contributed by atoms with Gasteiger partial charge in [-0.05, 0) is 60.7 Å². The molecule has 0 heterocycles. The van der Waals surface area contributed by atoms with Gasteiger partial charge in [-0.1, -0.05) is 12.1 Å². The fraction of sp³-hybridized carbons (Fsp3) is 0.0833. The van der Waals surface area contributed by atoms with Crippen molar-refractivity contribution in [2.75, 3.05) is 24.4 Å². The molecule has 0 fully saturated rings. The van der Waals surface area contributed by atoms with Gasteiger partial charge < -0.3 is 25.2 Å². The highest BCUT2D eigenvalue weighted by atomic mass is 16.5. The normalized spacial score (nSPS) is 10.1. The molecular weight excluding hydrogens is 428 g/mol. The zero-order chi connectivity index (χ0) is 23.8. The molecule has 9 heteroatoms. The first-order valence-electron chi connectivity index (χ1n) is 9.72. The minimum atomic E-state index is -1.21. The fourth-order valence-electron chi connectivity index (χ4n) is 2.84. The van der Waals surface area contributed by atoms with E-state index in [2.05, 4.69) is 10.6 Å². The van der Waals surface area contributed by atoms with E-state index in [0.29, 0.717) is 17.1 Å². The molecule has 3 N–H and O–H groups in total. The van der Waals surface area contributed by atoms with Gasteiger partial charge in [0.25, 0.3) is 11.8 Å². The zero-order valence-electron chi connectivity index (χ0n) is 17.5. The van der Waals surface area contributed by atoms with E-state index in [1.54, 1.807) is 30.3 Å². The van der Waals surface area contributed by atoms with Gasteiger partial charge in [0.2, 0.25) is 0 Å². The van der Waals surface area contributed by atoms with Gasteiger partial charge in [-0.25, -0.2) is 9.59 Å². The first-order chi connectivity index (χ1) is 15.9. The monoisotopic (exact) mass is 448 g/mol. The topological polar surface area (TPSA) is 131 Å². The first kappa shape index (κ1) is 23.0. The molecule has 9 nitrogen and oxygen atoms in total. The number of methoxy groups -OCH3 is 1. The molecule has 0 atom stereocenters. The largest absolute Gasteiger partial charge is 0.497 e. The van der Waals surface area contributed by atoms with Crippen LogP contribution in [0.4, 0.5) is 11.4 Å². The average Bonchev–Trinajstić information content (AvgIpc) is 2.83. The quantitative estimate of drug-likeness (QED) is 0.450. The van der Waals surface area contributed by atoms with Crippen LogP contribution in [0.2, 0.25) is 0 Å². The molecule has 3 rings (SSSR count). The summed E-state index contributed by atoms with van der Waals surface area (Å²) in [6.07, 6.45) is 0. The summed E-state index contributed by atoms with van der Waals surface area (Å²) in [5.41, 5.74) is 0.950. The number of carboxylic acid groups (broad SMARTS) is 1. The number of carboxylic acids is 1. The molecule has 0 spiro atoms. The van der Waals surface area contributed by atoms with Gasteiger partial charge in [-0.2, -0.15) is 0 Å². The Bertz CT molecular complexity index is 1170. The van der Waals surface area contributed by atoms with Crippen molar-refractivity contribution in [3.05, 3.63) is 89.5 Å². The number of amides is 2. The van der Waals surface area contributed by atoms with Crippen molar-refractivity contribution in [1.82, 2.24) is 0 Å². The molecule has 33 heavy (non-hydrogen) atoms. The molecule has 0 unspecified atom stereocenters. The van der Waals surface area contributed by atoms with Crippen molar-refractivity contribution in [2.24, 2.45) is 0 Å². The van der Waals surface area contributed by atoms with Gasteiger partial charge in [0.05, 0.1) is 23.8 Å². The maximum absolute atomic E-state index is 12.4. The number of rotatable bonds is 8. The number of esters is 1. The third-order valence-corrected chi connectivity index (χ3v) is 4.49. The van der Waals surface area contributed by atoms with Crippen molar-refractivity contribution in [1.29, 1.82) is 0 Å². The van der Waals surface area contributed by atoms with Crippen LogP contribution in [0.15, 0.2) is 72.8 Å². The van der Waals surface area contributed by atoms with Crippen LogP contribution < -0.4 is 15.4 Å². The SMILES string of the molecule is COc1ccc(NC(=O)COC(=O)c2ccc(NC(=O)c3ccccc3C(=O)O)cc2)cc1. The number of carbonyl (C=O) groups excluding carboxylic acids is 3. The number of hydrogen-bond acceptors (Lipinski definition) is 6. The summed E-state index contributed by atoms with van der Waals surface area (Å²) in [6.45, 7) is -0.477. The maximum atomic E-state index is 12.4. The smallest absolute Gasteiger partial charge is 0.338 e. The second-order valence-electron chi connectivity index (χ2n) is 6.74. The van der Waals surface area contributed by atoms with Crippen LogP contribution in [0.1, 0.15) is 31.1 Å². The lowest BCUT2D eigenvalue weighted by Crippen LogP contribution is -2.21. The Morgan fingerprint density at radius 3 is 1.97 bits per heavy atom. The molecule has 0 aliphatic carbocycles. The van der Waals surface area contributed by atoms with Gasteiger partial charge in [-0.15, -0.1) is 0 Å². The van der Waals surface area contributed by atoms with Crippen molar-refractivity contribution >= 4 is 35.1 Å². The Kier molecular flexibility index (Phi) is 7.38. The molecule has 168 valence electrons. The third-order valence-electron chi connectivity index (χ3n) is 4.49. The summed E-state index contributed by atoms with van der Waals surface area (Å²) < 4.78 is 10.1. The second-order valence-corrected chi connectivity index (χ2v) is 6.74. The predicted octanol–water partition coefficient (Wildman–Crippen LogP) is 3.44. The van der Waals surface area contributed by atoms with E-state index in [-0.39, 0.29) is 16.7 Å². The van der Waals surface area contributed by atoms with Gasteiger partial charge in [-0.3, -0.25) is 9.59 Å². The molecule has 0 aromatic heterocycles. The summed E-state index contributed by atoms with van der Waals surface area (Å²) in [6, 6.07) is 18.3. The first-order valence-corrected chi connectivity index (χ1v) is 9.72. The molecule has 0 aliphatic heterocycles. The lowest BCUT2D eigenvalue weighted by Gasteiger charge is -2.09. The molecule has 0 saturated carbocycles. The summed E-state index contributed by atoms with van der Waals surface area (Å²) in [5.74, 6) is -2.39. The number of hydrogen-bond donors (Lipinski definition) is 3. The Balaban J connectivity index is 1.54. The van der Waals surface area contributed by atoms with Gasteiger partial charge in [0.1, 0.15) is 5.75 Å². The predicted molar refractivity (Wildman–Crippen MR) is 120 cm³/mol. The standard InChI is InChI=1S/C24H20N2O7/c1-32-18-12-10-16(11-13-18)25-21(27)14-33-24(31)15-6-8-17(9-7-15)26-22(28)19-4-2-3-5-20(19)23(29)30/h2-13H,14H2,1H3,(H,25,27)(H,26,28)(H,29,30). The summed E-state index contributed by atoms with van der Waals surface area (Å²) >= 11 is 0. The highest BCUT2D eigenvalue weighted by molar-refractivity contribution is 6.10. The fourth-order valence-corrected chi connectivity index (χ4v) is 2.84. The van der Waals surface area contributed by atoms with E-state index in [9.17, 15) is 24.3 Å². The van der Waals surface area contributed by atoms with E-state index >= 15 is 0 Å². The van der Waals surface area contributed by atoms with Crippen LogP contribution in [0.5, 0.6) is 5.75 Å². The molecular formula is C24H20N2O7. The molecule has 3 aromatic rings. The van der Waals surface area contributed by atoms with E-state index in [4.69, 9.17) is 9.47 Å². The Morgan fingerprint density at radius 1 is 0.788 bits per heavy atom. The molecule has 0 radical (unpaired) electrons. The minimum absolute atomic E-state index is 0.0105. The van der Waals surface area contributed by atoms with Crippen molar-refractivity contribution in [2.45, 2.75) is 0 Å². The van der Waals surface area contributed by atoms with Crippen LogP contribution in [-0.2, 0) is 9.53 Å². The highest BCUT2D eigenvalue weighted by Gasteiger charge is 2.16. The maximum Gasteiger partial charge on any atom is 0.338 e. The number of nitrogens with one attached hydrogen (secondary N) is 2. The lowest BCUT2D eigenvalue weighted by molar-refractivity contribution is -0.119. The number of aromatic carboxylic acids is 1. The van der Waals surface area contributed by atoms with E-state index in [1.165, 1.54) is 49.6 Å². The van der Waals surface area contributed by atoms with Gasteiger partial charge in [0.15, 0.2) is 6.61 Å². The number of ether oxygens (including phenoxy) is 2. The van der Waals surface area contributed by atoms with Crippen LogP contribution in [0, 0.1) is 0 Å². The van der Waals surface area contributed by atoms with Crippen LogP contribution >= 0.6 is 0 Å². The molecule has 0 saturated heterocycles. The molecule has 2 amide bonds. The van der Waals surface area contributed by atoms with Crippen molar-refractivity contribution < 1.29 is 33.8 Å². The van der Waals surface area contributed by atoms with Crippen LogP contribution in [-0.4, -0.2) is 42.6 Å². The van der Waals surface area contributed by atoms with Gasteiger partial charge in [0, 0.05) is 11.4 Å². The Morgan fingerprint density at radius 2 is 1.36 bits per heavy atom. The number of carbonyl (C=O) groups is 4. The molecule has 0 aliphatic rings. The molecule has 3 aromatic carbocycles. The highest BCUT2D eigenvalue weighted by Crippen LogP contribution is 2.16. The van der Waals surface area contributed by atoms with E-state index in [1.807, 2.05) is 0 Å². The van der Waals surface area contributed by atoms with Crippen LogP contribution in [0.3, 0.4) is 0 Å². The van der Waals surface area contributed by atoms with E-state index in [0.717, 1.165) is 0 Å². The van der Waals surface area contributed by atoms with E-state index < -0.39 is 30.4 Å². The second kappa shape index (κ2) is 10.6. The minimum Gasteiger partial charge on any atom is -0.497 e. The zero-order valence-corrected chi connectivity index (χ0v) is 17.5. The number of anilines is 2. The Labute approximate surface area is 189 Å². The lowest BCUT2D eigenvalue weighted by atomic mass is 10.1. The van der Waals surface area contributed by atoms with Crippen molar-refractivity contribution in [3.63, 3.8) is 0 Å². The number of benzene rings is 3. The van der Waals surface area contributed by atoms with Crippen molar-refractivity contribution in [3.8, 4) is 5.75 Å². The molecule has 0 bridgehead atoms. The summed E-state index contributed by atoms with van der Waals surface area (Å²) in [4.78, 5) is 47.8. The van der Waals surface area contributed by atoms with Crippen LogP contribution in [0.25, 0.3) is 0 Å². The van der Waals surface area contributed by atoms with Gasteiger partial charge >= 0.3 is 11.9 Å². The summed E-state index contributed by atoms with van der Waals surface area (Å²) in [5, 5.41) is 14.4. The summed E-state index contributed by atoms with van der Waals surface area (Å²) in [7, 11) is 1.53. The average molecular weight is 448 g/mol. The third kappa shape index (κ3) is 6.17. The Hall–Kier alpha value is -4.66.